The average molecular weight is 288 g/mol. The Balaban J connectivity index is 2.38. The second-order valence-electron chi connectivity index (χ2n) is 3.97. The first-order valence-electron chi connectivity index (χ1n) is 5.38. The highest BCUT2D eigenvalue weighted by molar-refractivity contribution is 6.23. The highest BCUT2D eigenvalue weighted by atomic mass is 35.5. The molecule has 1 aliphatic heterocycles. The maximum absolute atomic E-state index is 12.1. The summed E-state index contributed by atoms with van der Waals surface area (Å²) in [7, 11) is 0. The third kappa shape index (κ3) is 2.00. The fourth-order valence-electron chi connectivity index (χ4n) is 1.96. The zero-order valence-electron chi connectivity index (χ0n) is 9.35. The van der Waals surface area contributed by atoms with Gasteiger partial charge in [-0.1, -0.05) is 12.1 Å². The summed E-state index contributed by atoms with van der Waals surface area (Å²) in [4.78, 5) is 25.2. The maximum atomic E-state index is 12.1. The van der Waals surface area contributed by atoms with Crippen molar-refractivity contribution in [2.24, 2.45) is 0 Å². The van der Waals surface area contributed by atoms with E-state index in [1.54, 1.807) is 24.3 Å². The number of carbonyl (C=O) groups excluding carboxylic acids is 2. The standard InChI is InChI=1S/C12H11Cl2NO3/c13-5-9(10(16)6-14)15-11(17)7-3-1-2-4-8(7)12(15)18/h1-4,9-10,16H,5-6H2/t9-,10+/m1/s1. The van der Waals surface area contributed by atoms with Gasteiger partial charge in [-0.05, 0) is 12.1 Å². The number of imide groups is 1. The fraction of sp³-hybridized carbons (Fsp3) is 0.333. The van der Waals surface area contributed by atoms with Crippen LogP contribution in [0.3, 0.4) is 0 Å². The lowest BCUT2D eigenvalue weighted by Gasteiger charge is -2.27. The molecule has 0 aromatic heterocycles. The molecule has 2 rings (SSSR count). The van der Waals surface area contributed by atoms with Gasteiger partial charge in [0.2, 0.25) is 0 Å². The van der Waals surface area contributed by atoms with Crippen LogP contribution in [0.1, 0.15) is 20.7 Å². The predicted octanol–water partition coefficient (Wildman–Crippen LogP) is 1.49. The minimum Gasteiger partial charge on any atom is -0.390 e. The van der Waals surface area contributed by atoms with E-state index in [1.807, 2.05) is 0 Å². The van der Waals surface area contributed by atoms with Gasteiger partial charge in [0.25, 0.3) is 11.8 Å². The molecule has 0 bridgehead atoms. The van der Waals surface area contributed by atoms with Crippen LogP contribution in [0.15, 0.2) is 24.3 Å². The molecule has 18 heavy (non-hydrogen) atoms. The van der Waals surface area contributed by atoms with Crippen LogP contribution in [0.2, 0.25) is 0 Å². The Kier molecular flexibility index (Phi) is 3.90. The molecule has 1 aromatic rings. The first-order valence-corrected chi connectivity index (χ1v) is 6.45. The van der Waals surface area contributed by atoms with Crippen LogP contribution < -0.4 is 0 Å². The number of halogens is 2. The van der Waals surface area contributed by atoms with E-state index >= 15 is 0 Å². The molecule has 0 saturated carbocycles. The fourth-order valence-corrected chi connectivity index (χ4v) is 2.51. The minimum absolute atomic E-state index is 0.0562. The number of carbonyl (C=O) groups is 2. The van der Waals surface area contributed by atoms with Crippen LogP contribution in [0.4, 0.5) is 0 Å². The molecule has 1 heterocycles. The summed E-state index contributed by atoms with van der Waals surface area (Å²) in [5, 5.41) is 9.73. The zero-order chi connectivity index (χ0) is 13.3. The van der Waals surface area contributed by atoms with E-state index in [0.717, 1.165) is 4.90 Å². The van der Waals surface area contributed by atoms with E-state index in [1.165, 1.54) is 0 Å². The zero-order valence-corrected chi connectivity index (χ0v) is 10.9. The smallest absolute Gasteiger partial charge is 0.261 e. The number of benzene rings is 1. The summed E-state index contributed by atoms with van der Waals surface area (Å²) in [6, 6.07) is 5.71. The van der Waals surface area contributed by atoms with Crippen molar-refractivity contribution in [2.75, 3.05) is 11.8 Å². The minimum atomic E-state index is -1.04. The van der Waals surface area contributed by atoms with Gasteiger partial charge in [0.05, 0.1) is 29.2 Å². The molecular weight excluding hydrogens is 277 g/mol. The lowest BCUT2D eigenvalue weighted by Crippen LogP contribution is -2.48. The number of hydrogen-bond donors (Lipinski definition) is 1. The highest BCUT2D eigenvalue weighted by Gasteiger charge is 2.41. The monoisotopic (exact) mass is 287 g/mol. The molecule has 0 radical (unpaired) electrons. The molecule has 0 saturated heterocycles. The van der Waals surface area contributed by atoms with Crippen LogP contribution in [0, 0.1) is 0 Å². The van der Waals surface area contributed by atoms with Crippen molar-refractivity contribution in [1.29, 1.82) is 0 Å². The Morgan fingerprint density at radius 3 is 1.94 bits per heavy atom. The van der Waals surface area contributed by atoms with E-state index in [4.69, 9.17) is 23.2 Å². The number of alkyl halides is 2. The molecule has 0 spiro atoms. The molecule has 6 heteroatoms. The van der Waals surface area contributed by atoms with Crippen molar-refractivity contribution in [3.8, 4) is 0 Å². The molecule has 1 aliphatic rings. The Labute approximate surface area is 114 Å². The Hall–Kier alpha value is -1.10. The van der Waals surface area contributed by atoms with Gasteiger partial charge >= 0.3 is 0 Å². The maximum Gasteiger partial charge on any atom is 0.261 e. The first kappa shape index (κ1) is 13.3. The van der Waals surface area contributed by atoms with Crippen molar-refractivity contribution in [2.45, 2.75) is 12.1 Å². The molecule has 1 aromatic carbocycles. The van der Waals surface area contributed by atoms with E-state index in [2.05, 4.69) is 0 Å². The number of rotatable bonds is 4. The van der Waals surface area contributed by atoms with Gasteiger partial charge < -0.3 is 5.11 Å². The van der Waals surface area contributed by atoms with Gasteiger partial charge in [0.15, 0.2) is 0 Å². The van der Waals surface area contributed by atoms with Gasteiger partial charge in [-0.25, -0.2) is 0 Å². The summed E-state index contributed by atoms with van der Waals surface area (Å²) in [5.41, 5.74) is 0.666. The molecule has 4 nitrogen and oxygen atoms in total. The molecule has 96 valence electrons. The second-order valence-corrected chi connectivity index (χ2v) is 4.59. The molecule has 0 aliphatic carbocycles. The second kappa shape index (κ2) is 5.26. The Morgan fingerprint density at radius 2 is 1.56 bits per heavy atom. The van der Waals surface area contributed by atoms with Crippen molar-refractivity contribution >= 4 is 35.0 Å². The molecule has 0 fully saturated rings. The number of aliphatic hydroxyl groups is 1. The van der Waals surface area contributed by atoms with Gasteiger partial charge in [-0.15, -0.1) is 23.2 Å². The molecule has 2 amide bonds. The predicted molar refractivity (Wildman–Crippen MR) is 68.2 cm³/mol. The van der Waals surface area contributed by atoms with Crippen LogP contribution in [-0.4, -0.2) is 45.7 Å². The van der Waals surface area contributed by atoms with E-state index in [9.17, 15) is 14.7 Å². The molecule has 2 atom stereocenters. The van der Waals surface area contributed by atoms with E-state index in [0.29, 0.717) is 11.1 Å². The average Bonchev–Trinajstić information content (AvgIpc) is 2.65. The largest absolute Gasteiger partial charge is 0.390 e. The summed E-state index contributed by atoms with van der Waals surface area (Å²) in [6.07, 6.45) is -1.04. The van der Waals surface area contributed by atoms with Gasteiger partial charge in [-0.3, -0.25) is 14.5 Å². The number of aliphatic hydroxyl groups excluding tert-OH is 1. The summed E-state index contributed by atoms with van der Waals surface area (Å²) < 4.78 is 0. The normalized spacial score (nSPS) is 17.8. The number of nitrogens with zero attached hydrogens (tertiary/aromatic N) is 1. The van der Waals surface area contributed by atoms with Crippen molar-refractivity contribution < 1.29 is 14.7 Å². The van der Waals surface area contributed by atoms with Gasteiger partial charge in [0, 0.05) is 5.88 Å². The van der Waals surface area contributed by atoms with Crippen molar-refractivity contribution in [1.82, 2.24) is 4.90 Å². The highest BCUT2D eigenvalue weighted by Crippen LogP contribution is 2.26. The number of amides is 2. The van der Waals surface area contributed by atoms with E-state index in [-0.39, 0.29) is 11.8 Å². The summed E-state index contributed by atoms with van der Waals surface area (Å²) in [5.74, 6) is -1.03. The molecule has 1 N–H and O–H groups in total. The lowest BCUT2D eigenvalue weighted by atomic mass is 10.1. The van der Waals surface area contributed by atoms with Gasteiger partial charge in [-0.2, -0.15) is 0 Å². The molecule has 0 unspecified atom stereocenters. The van der Waals surface area contributed by atoms with Crippen LogP contribution in [0.25, 0.3) is 0 Å². The first-order chi connectivity index (χ1) is 8.61. The van der Waals surface area contributed by atoms with Crippen molar-refractivity contribution in [3.63, 3.8) is 0 Å². The Morgan fingerprint density at radius 1 is 1.06 bits per heavy atom. The SMILES string of the molecule is O=C1c2ccccc2C(=O)N1[C@H](CCl)[C@@H](O)CCl. The van der Waals surface area contributed by atoms with Crippen LogP contribution in [-0.2, 0) is 0 Å². The third-order valence-corrected chi connectivity index (χ3v) is 3.55. The lowest BCUT2D eigenvalue weighted by molar-refractivity contribution is 0.0428. The molecular formula is C12H11Cl2NO3. The van der Waals surface area contributed by atoms with Crippen LogP contribution in [0.5, 0.6) is 0 Å². The third-order valence-electron chi connectivity index (χ3n) is 2.92. The summed E-state index contributed by atoms with van der Waals surface area (Å²) >= 11 is 11.3. The van der Waals surface area contributed by atoms with Gasteiger partial charge in [0.1, 0.15) is 0 Å². The van der Waals surface area contributed by atoms with Crippen LogP contribution >= 0.6 is 23.2 Å². The summed E-state index contributed by atoms with van der Waals surface area (Å²) in [6.45, 7) is 0. The quantitative estimate of drug-likeness (QED) is 0.674. The van der Waals surface area contributed by atoms with Crippen molar-refractivity contribution in [3.05, 3.63) is 35.4 Å². The Bertz CT molecular complexity index is 457. The topological polar surface area (TPSA) is 57.6 Å². The van der Waals surface area contributed by atoms with E-state index < -0.39 is 24.0 Å². The number of fused-ring (bicyclic) bond motifs is 1. The number of hydrogen-bond acceptors (Lipinski definition) is 3.